The second-order valence-electron chi connectivity index (χ2n) is 4.39. The summed E-state index contributed by atoms with van der Waals surface area (Å²) in [6.45, 7) is 3.43. The molecule has 0 aromatic heterocycles. The summed E-state index contributed by atoms with van der Waals surface area (Å²) < 4.78 is 0. The van der Waals surface area contributed by atoms with Crippen molar-refractivity contribution < 1.29 is 0 Å². The molecule has 0 bridgehead atoms. The number of hydrogen-bond donors (Lipinski definition) is 0. The van der Waals surface area contributed by atoms with Crippen LogP contribution >= 0.6 is 0 Å². The highest BCUT2D eigenvalue weighted by atomic mass is 15.6. The van der Waals surface area contributed by atoms with Crippen molar-refractivity contribution in [2.45, 2.75) is 19.4 Å². The molecule has 0 unspecified atom stereocenters. The predicted octanol–water partition coefficient (Wildman–Crippen LogP) is 1.93. The predicted molar refractivity (Wildman–Crippen MR) is 64.5 cm³/mol. The highest BCUT2D eigenvalue weighted by molar-refractivity contribution is 5.98. The molecule has 1 saturated heterocycles. The van der Waals surface area contributed by atoms with Crippen molar-refractivity contribution in [1.29, 1.82) is 0 Å². The van der Waals surface area contributed by atoms with E-state index in [4.69, 9.17) is 0 Å². The maximum absolute atomic E-state index is 3.87. The summed E-state index contributed by atoms with van der Waals surface area (Å²) in [5.41, 5.74) is 6.17. The molecule has 87 valence electrons. The monoisotopic (exact) mass is 228 g/mol. The number of benzene rings is 1. The molecule has 0 N–H and O–H groups in total. The summed E-state index contributed by atoms with van der Waals surface area (Å²) in [7, 11) is 0. The Hall–Kier alpha value is -1.75. The van der Waals surface area contributed by atoms with E-state index in [1.807, 2.05) is 12.1 Å². The molecular formula is C12H14N5. The largest absolute Gasteiger partial charge is 0.299 e. The lowest BCUT2D eigenvalue weighted by molar-refractivity contribution is 0.331. The van der Waals surface area contributed by atoms with E-state index in [-0.39, 0.29) is 0 Å². The van der Waals surface area contributed by atoms with Gasteiger partial charge in [0.25, 0.3) is 0 Å². The molecule has 0 spiro atoms. The van der Waals surface area contributed by atoms with Gasteiger partial charge in [0.15, 0.2) is 0 Å². The highest BCUT2D eigenvalue weighted by Crippen LogP contribution is 2.14. The highest BCUT2D eigenvalue weighted by Gasteiger charge is 2.13. The molecule has 0 saturated carbocycles. The van der Waals surface area contributed by atoms with Crippen LogP contribution in [0.15, 0.2) is 39.8 Å². The van der Waals surface area contributed by atoms with Crippen LogP contribution in [0, 0.1) is 0 Å². The molecular weight excluding hydrogens is 214 g/mol. The van der Waals surface area contributed by atoms with Gasteiger partial charge in [0.05, 0.1) is 0 Å². The van der Waals surface area contributed by atoms with Crippen molar-refractivity contribution in [3.05, 3.63) is 35.4 Å². The van der Waals surface area contributed by atoms with Gasteiger partial charge in [-0.05, 0) is 48.0 Å². The average Bonchev–Trinajstić information content (AvgIpc) is 3.01. The van der Waals surface area contributed by atoms with Gasteiger partial charge in [-0.1, -0.05) is 18.2 Å². The molecule has 0 amide bonds. The van der Waals surface area contributed by atoms with Crippen molar-refractivity contribution in [1.82, 2.24) is 10.3 Å². The van der Waals surface area contributed by atoms with Gasteiger partial charge in [0, 0.05) is 12.1 Å². The van der Waals surface area contributed by atoms with Crippen LogP contribution in [-0.2, 0) is 6.54 Å². The Morgan fingerprint density at radius 1 is 1.12 bits per heavy atom. The fraction of sp³-hybridized carbons (Fsp3) is 0.417. The SMILES string of the molecule is c1cc(CN2CCCC2)cc(C2=NN=N[N]2)c1. The van der Waals surface area contributed by atoms with E-state index < -0.39 is 0 Å². The normalized spacial score (nSPS) is 19.4. The number of amidine groups is 1. The summed E-state index contributed by atoms with van der Waals surface area (Å²) in [6, 6.07) is 8.30. The Balaban J connectivity index is 1.74. The minimum Gasteiger partial charge on any atom is -0.299 e. The fourth-order valence-electron chi connectivity index (χ4n) is 2.27. The lowest BCUT2D eigenvalue weighted by Crippen LogP contribution is -2.18. The Morgan fingerprint density at radius 3 is 2.76 bits per heavy atom. The minimum absolute atomic E-state index is 0.605. The second-order valence-corrected chi connectivity index (χ2v) is 4.39. The van der Waals surface area contributed by atoms with E-state index in [2.05, 4.69) is 38.0 Å². The van der Waals surface area contributed by atoms with Crippen LogP contribution in [0.2, 0.25) is 0 Å². The topological polar surface area (TPSA) is 54.4 Å². The van der Waals surface area contributed by atoms with Crippen LogP contribution in [0.4, 0.5) is 0 Å². The molecule has 1 aromatic carbocycles. The molecule has 2 heterocycles. The number of rotatable bonds is 3. The molecule has 1 radical (unpaired) electrons. The van der Waals surface area contributed by atoms with Gasteiger partial charge in [-0.2, -0.15) is 0 Å². The van der Waals surface area contributed by atoms with Crippen molar-refractivity contribution in [2.75, 3.05) is 13.1 Å². The van der Waals surface area contributed by atoms with Gasteiger partial charge < -0.3 is 0 Å². The second kappa shape index (κ2) is 4.63. The van der Waals surface area contributed by atoms with Crippen LogP contribution in [0.5, 0.6) is 0 Å². The van der Waals surface area contributed by atoms with Crippen molar-refractivity contribution in [2.24, 2.45) is 15.5 Å². The van der Waals surface area contributed by atoms with Gasteiger partial charge in [0.2, 0.25) is 5.84 Å². The van der Waals surface area contributed by atoms with E-state index in [1.165, 1.54) is 31.5 Å². The number of nitrogens with zero attached hydrogens (tertiary/aromatic N) is 5. The van der Waals surface area contributed by atoms with Gasteiger partial charge >= 0.3 is 0 Å². The first-order valence-electron chi connectivity index (χ1n) is 5.92. The Bertz CT molecular complexity index is 460. The molecule has 5 nitrogen and oxygen atoms in total. The first kappa shape index (κ1) is 10.4. The standard InChI is InChI=1S/C12H14N5/c1-2-7-17(6-1)9-10-4-3-5-11(8-10)12-13-15-16-14-12/h3-5,8H,1-2,6-7,9H2. The van der Waals surface area contributed by atoms with Crippen LogP contribution in [0.25, 0.3) is 0 Å². The summed E-state index contributed by atoms with van der Waals surface area (Å²) in [6.07, 6.45) is 2.64. The van der Waals surface area contributed by atoms with Crippen molar-refractivity contribution >= 4 is 5.84 Å². The van der Waals surface area contributed by atoms with Gasteiger partial charge in [0.1, 0.15) is 0 Å². The van der Waals surface area contributed by atoms with E-state index in [0.717, 1.165) is 12.1 Å². The van der Waals surface area contributed by atoms with Crippen LogP contribution in [0.3, 0.4) is 0 Å². The minimum atomic E-state index is 0.605. The summed E-state index contributed by atoms with van der Waals surface area (Å²) in [4.78, 5) is 2.47. The fourth-order valence-corrected chi connectivity index (χ4v) is 2.27. The summed E-state index contributed by atoms with van der Waals surface area (Å²) >= 11 is 0. The number of likely N-dealkylation sites (tertiary alicyclic amines) is 1. The maximum atomic E-state index is 3.87. The van der Waals surface area contributed by atoms with Gasteiger partial charge in [-0.15, -0.1) is 10.5 Å². The van der Waals surface area contributed by atoms with E-state index in [0.29, 0.717) is 5.84 Å². The Morgan fingerprint density at radius 2 is 2.00 bits per heavy atom. The molecule has 0 atom stereocenters. The zero-order chi connectivity index (χ0) is 11.5. The lowest BCUT2D eigenvalue weighted by atomic mass is 10.1. The van der Waals surface area contributed by atoms with Crippen LogP contribution < -0.4 is 5.43 Å². The summed E-state index contributed by atoms with van der Waals surface area (Å²) in [5.74, 6) is 0.605. The quantitative estimate of drug-likeness (QED) is 0.779. The molecule has 1 aromatic rings. The van der Waals surface area contributed by atoms with E-state index in [1.54, 1.807) is 0 Å². The van der Waals surface area contributed by atoms with E-state index in [9.17, 15) is 0 Å². The van der Waals surface area contributed by atoms with Crippen molar-refractivity contribution in [3.63, 3.8) is 0 Å². The third-order valence-electron chi connectivity index (χ3n) is 3.11. The average molecular weight is 228 g/mol. The first-order chi connectivity index (χ1) is 8.42. The third-order valence-corrected chi connectivity index (χ3v) is 3.11. The zero-order valence-electron chi connectivity index (χ0n) is 9.58. The lowest BCUT2D eigenvalue weighted by Gasteiger charge is -2.14. The smallest absolute Gasteiger partial charge is 0.207 e. The van der Waals surface area contributed by atoms with Gasteiger partial charge in [-0.25, -0.2) is 0 Å². The summed E-state index contributed by atoms with van der Waals surface area (Å²) in [5, 5.41) is 10.9. The van der Waals surface area contributed by atoms with Crippen LogP contribution in [0.1, 0.15) is 24.0 Å². The van der Waals surface area contributed by atoms with E-state index >= 15 is 0 Å². The molecule has 5 heteroatoms. The van der Waals surface area contributed by atoms with Crippen LogP contribution in [-0.4, -0.2) is 23.8 Å². The number of hydrogen-bond acceptors (Lipinski definition) is 4. The van der Waals surface area contributed by atoms with Crippen molar-refractivity contribution in [3.8, 4) is 0 Å². The van der Waals surface area contributed by atoms with Gasteiger partial charge in [-0.3, -0.25) is 4.90 Å². The molecule has 1 fully saturated rings. The molecule has 3 rings (SSSR count). The third kappa shape index (κ3) is 2.34. The molecule has 2 aliphatic heterocycles. The molecule has 2 aliphatic rings. The Labute approximate surface area is 100 Å². The molecule has 0 aliphatic carbocycles. The maximum Gasteiger partial charge on any atom is 0.207 e. The molecule has 17 heavy (non-hydrogen) atoms. The zero-order valence-corrected chi connectivity index (χ0v) is 9.58. The Kier molecular flexibility index (Phi) is 2.83. The first-order valence-corrected chi connectivity index (χ1v) is 5.92.